The summed E-state index contributed by atoms with van der Waals surface area (Å²) in [6, 6.07) is 17.7. The minimum atomic E-state index is -3.58. The van der Waals surface area contributed by atoms with Gasteiger partial charge in [0.05, 0.1) is 24.5 Å². The van der Waals surface area contributed by atoms with Crippen LogP contribution in [0, 0.1) is 0 Å². The number of β-amino-alcohol motifs (C(OH)–C–C–N with tert-alkyl or cyclic N) is 1. The topological polar surface area (TPSA) is 139 Å². The molecule has 1 heterocycles. The highest BCUT2D eigenvalue weighted by molar-refractivity contribution is 7.92. The molecule has 0 aromatic heterocycles. The fourth-order valence-corrected chi connectivity index (χ4v) is 5.61. The second-order valence-electron chi connectivity index (χ2n) is 11.1. The average Bonchev–Trinajstić information content (AvgIpc) is 2.88. The molecule has 0 saturated carbocycles. The Morgan fingerprint density at radius 2 is 1.75 bits per heavy atom. The monoisotopic (exact) mass is 567 g/mol. The molecule has 1 amide bonds. The van der Waals surface area contributed by atoms with Crippen LogP contribution >= 0.6 is 0 Å². The van der Waals surface area contributed by atoms with Crippen LogP contribution in [0.2, 0.25) is 0 Å². The van der Waals surface area contributed by atoms with Crippen molar-refractivity contribution in [2.45, 2.75) is 51.3 Å². The first kappa shape index (κ1) is 29.4. The van der Waals surface area contributed by atoms with Gasteiger partial charge >= 0.3 is 0 Å². The summed E-state index contributed by atoms with van der Waals surface area (Å²) in [5.41, 5.74) is 3.96. The predicted molar refractivity (Wildman–Crippen MR) is 155 cm³/mol. The van der Waals surface area contributed by atoms with Crippen molar-refractivity contribution in [1.29, 1.82) is 0 Å². The van der Waals surface area contributed by atoms with Gasteiger partial charge in [0.25, 0.3) is 0 Å². The second-order valence-corrected chi connectivity index (χ2v) is 12.8. The summed E-state index contributed by atoms with van der Waals surface area (Å²) < 4.78 is 25.4. The van der Waals surface area contributed by atoms with Crippen LogP contribution in [-0.4, -0.2) is 59.4 Å². The van der Waals surface area contributed by atoms with E-state index >= 15 is 0 Å². The number of aliphatic hydroxyl groups excluding tert-OH is 1. The minimum absolute atomic E-state index is 0.0107. The summed E-state index contributed by atoms with van der Waals surface area (Å²) in [5.74, 6) is 0.112. The van der Waals surface area contributed by atoms with Crippen molar-refractivity contribution in [3.63, 3.8) is 0 Å². The molecule has 0 unspecified atom stereocenters. The number of nitrogens with one attached hydrogen (secondary N) is 2. The lowest BCUT2D eigenvalue weighted by atomic mass is 9.92. The van der Waals surface area contributed by atoms with Crippen LogP contribution in [0.3, 0.4) is 0 Å². The number of phenolic OH excluding ortho intramolecular Hbond substituents is 2. The van der Waals surface area contributed by atoms with Crippen molar-refractivity contribution in [1.82, 2.24) is 10.2 Å². The highest BCUT2D eigenvalue weighted by atomic mass is 32.2. The minimum Gasteiger partial charge on any atom is -0.508 e. The van der Waals surface area contributed by atoms with Gasteiger partial charge in [-0.25, -0.2) is 8.42 Å². The molecule has 0 radical (unpaired) electrons. The SMILES string of the molecule is CC(C)(Cc1cccc(CC(=O)N2CCc3c(O)cccc3C2)c1)NC[C@H](O)c1ccc(O)c(NS(C)(=O)=O)c1. The number of fused-ring (bicyclic) bond motifs is 1. The molecule has 0 spiro atoms. The van der Waals surface area contributed by atoms with Gasteiger partial charge in [0.1, 0.15) is 11.5 Å². The number of benzene rings is 3. The zero-order valence-corrected chi connectivity index (χ0v) is 23.8. The van der Waals surface area contributed by atoms with Crippen LogP contribution in [0.25, 0.3) is 0 Å². The number of hydrogen-bond donors (Lipinski definition) is 5. The number of phenols is 2. The third-order valence-electron chi connectivity index (χ3n) is 7.06. The van der Waals surface area contributed by atoms with Crippen molar-refractivity contribution in [2.24, 2.45) is 0 Å². The fraction of sp³-hybridized carbons (Fsp3) is 0.367. The number of rotatable bonds is 10. The molecule has 0 fully saturated rings. The van der Waals surface area contributed by atoms with Crippen LogP contribution in [0.4, 0.5) is 5.69 Å². The molecule has 214 valence electrons. The van der Waals surface area contributed by atoms with Crippen LogP contribution < -0.4 is 10.0 Å². The van der Waals surface area contributed by atoms with Gasteiger partial charge < -0.3 is 25.5 Å². The van der Waals surface area contributed by atoms with Crippen LogP contribution in [0.1, 0.15) is 47.8 Å². The maximum absolute atomic E-state index is 13.1. The summed E-state index contributed by atoms with van der Waals surface area (Å²) in [6.45, 7) is 5.32. The van der Waals surface area contributed by atoms with Crippen molar-refractivity contribution >= 4 is 21.6 Å². The van der Waals surface area contributed by atoms with E-state index in [9.17, 15) is 28.5 Å². The van der Waals surface area contributed by atoms with E-state index in [0.717, 1.165) is 28.5 Å². The van der Waals surface area contributed by atoms with Gasteiger partial charge in [0.2, 0.25) is 15.9 Å². The number of carbonyl (C=O) groups is 1. The van der Waals surface area contributed by atoms with Gasteiger partial charge in [-0.1, -0.05) is 42.5 Å². The third kappa shape index (κ3) is 7.74. The predicted octanol–water partition coefficient (Wildman–Crippen LogP) is 3.24. The van der Waals surface area contributed by atoms with Crippen molar-refractivity contribution in [3.05, 3.63) is 88.5 Å². The van der Waals surface area contributed by atoms with Crippen LogP contribution in [-0.2, 0) is 40.6 Å². The quantitative estimate of drug-likeness (QED) is 0.237. The van der Waals surface area contributed by atoms with Crippen LogP contribution in [0.15, 0.2) is 60.7 Å². The maximum Gasteiger partial charge on any atom is 0.229 e. The van der Waals surface area contributed by atoms with Crippen molar-refractivity contribution < 1.29 is 28.5 Å². The molecule has 1 aliphatic heterocycles. The summed E-state index contributed by atoms with van der Waals surface area (Å²) in [6.07, 6.45) is 1.64. The first-order chi connectivity index (χ1) is 18.8. The number of aliphatic hydroxyl groups is 1. The van der Waals surface area contributed by atoms with Crippen LogP contribution in [0.5, 0.6) is 11.5 Å². The smallest absolute Gasteiger partial charge is 0.229 e. The number of aromatic hydroxyl groups is 2. The van der Waals surface area contributed by atoms with E-state index in [4.69, 9.17) is 0 Å². The molecule has 1 aliphatic rings. The van der Waals surface area contributed by atoms with E-state index in [-0.39, 0.29) is 29.6 Å². The summed E-state index contributed by atoms with van der Waals surface area (Å²) in [4.78, 5) is 14.9. The summed E-state index contributed by atoms with van der Waals surface area (Å²) in [7, 11) is -3.58. The van der Waals surface area contributed by atoms with Crippen molar-refractivity contribution in [3.8, 4) is 11.5 Å². The lowest BCUT2D eigenvalue weighted by Gasteiger charge is -2.30. The Morgan fingerprint density at radius 1 is 1.02 bits per heavy atom. The lowest BCUT2D eigenvalue weighted by molar-refractivity contribution is -0.131. The molecular weight excluding hydrogens is 530 g/mol. The number of carbonyl (C=O) groups excluding carboxylic acids is 1. The summed E-state index contributed by atoms with van der Waals surface area (Å²) in [5, 5.41) is 34.1. The number of amides is 1. The standard InChI is InChI=1S/C30H37N3O6S/c1-30(2,31-18-28(36)22-10-11-27(35)25(16-22)32-40(3,38)39)17-21-7-4-6-20(14-21)15-29(37)33-13-12-24-23(19-33)8-5-9-26(24)34/h4-11,14,16,28,31-32,34-36H,12-13,15,17-19H2,1-3H3/t28-/m0/s1. The van der Waals surface area contributed by atoms with E-state index in [1.54, 1.807) is 18.2 Å². The number of nitrogens with zero attached hydrogens (tertiary/aromatic N) is 1. The molecular formula is C30H37N3O6S. The zero-order valence-electron chi connectivity index (χ0n) is 23.0. The fourth-order valence-electron chi connectivity index (χ4n) is 5.04. The van der Waals surface area contributed by atoms with E-state index in [1.807, 2.05) is 49.1 Å². The molecule has 40 heavy (non-hydrogen) atoms. The van der Waals surface area contributed by atoms with Gasteiger partial charge in [-0.05, 0) is 67.1 Å². The van der Waals surface area contributed by atoms with E-state index in [2.05, 4.69) is 10.0 Å². The molecule has 3 aromatic carbocycles. The first-order valence-electron chi connectivity index (χ1n) is 13.2. The van der Waals surface area contributed by atoms with Gasteiger partial charge in [-0.15, -0.1) is 0 Å². The third-order valence-corrected chi connectivity index (χ3v) is 7.65. The largest absolute Gasteiger partial charge is 0.508 e. The van der Waals surface area contributed by atoms with Gasteiger partial charge in [0, 0.05) is 30.7 Å². The van der Waals surface area contributed by atoms with Gasteiger partial charge in [-0.2, -0.15) is 0 Å². The number of hydrogen-bond acceptors (Lipinski definition) is 7. The molecule has 4 rings (SSSR count). The zero-order chi connectivity index (χ0) is 29.1. The van der Waals surface area contributed by atoms with Gasteiger partial charge in [-0.3, -0.25) is 9.52 Å². The molecule has 9 nitrogen and oxygen atoms in total. The Balaban J connectivity index is 1.34. The second kappa shape index (κ2) is 11.9. The average molecular weight is 568 g/mol. The Labute approximate surface area is 235 Å². The maximum atomic E-state index is 13.1. The highest BCUT2D eigenvalue weighted by Gasteiger charge is 2.24. The Morgan fingerprint density at radius 3 is 2.50 bits per heavy atom. The molecule has 0 saturated heterocycles. The molecule has 10 heteroatoms. The van der Waals surface area contributed by atoms with Crippen molar-refractivity contribution in [2.75, 3.05) is 24.1 Å². The number of sulfonamides is 1. The van der Waals surface area contributed by atoms with E-state index in [1.165, 1.54) is 12.1 Å². The molecule has 0 aliphatic carbocycles. The Kier molecular flexibility index (Phi) is 8.72. The highest BCUT2D eigenvalue weighted by Crippen LogP contribution is 2.29. The lowest BCUT2D eigenvalue weighted by Crippen LogP contribution is -2.43. The first-order valence-corrected chi connectivity index (χ1v) is 15.1. The molecule has 1 atom stereocenters. The summed E-state index contributed by atoms with van der Waals surface area (Å²) >= 11 is 0. The number of anilines is 1. The van der Waals surface area contributed by atoms with E-state index < -0.39 is 21.7 Å². The van der Waals surface area contributed by atoms with Gasteiger partial charge in [0.15, 0.2) is 0 Å². The Bertz CT molecular complexity index is 1490. The Hall–Kier alpha value is -3.60. The molecule has 0 bridgehead atoms. The molecule has 3 aromatic rings. The van der Waals surface area contributed by atoms with E-state index in [0.29, 0.717) is 37.9 Å². The molecule has 5 N–H and O–H groups in total. The normalized spacial score (nSPS) is 14.4.